The maximum Gasteiger partial charge on any atom is 0.0837 e. The standard InChI is InChI=1S/C11H16N2/c1-7(2)10-6-13-11(9(4)12)5-8(10)3/h5-7,12H,1-4H3. The molecule has 1 N–H and O–H groups in total. The van der Waals surface area contributed by atoms with Crippen LogP contribution in [0.1, 0.15) is 43.5 Å². The van der Waals surface area contributed by atoms with Gasteiger partial charge in [0, 0.05) is 6.20 Å². The van der Waals surface area contributed by atoms with E-state index in [0.29, 0.717) is 11.6 Å². The van der Waals surface area contributed by atoms with Crippen LogP contribution in [0, 0.1) is 12.3 Å². The smallest absolute Gasteiger partial charge is 0.0837 e. The molecule has 0 saturated carbocycles. The summed E-state index contributed by atoms with van der Waals surface area (Å²) in [6.45, 7) is 8.14. The highest BCUT2D eigenvalue weighted by molar-refractivity contribution is 5.94. The number of nitrogens with zero attached hydrogens (tertiary/aromatic N) is 1. The maximum absolute atomic E-state index is 7.45. The van der Waals surface area contributed by atoms with Gasteiger partial charge in [0.15, 0.2) is 0 Å². The lowest BCUT2D eigenvalue weighted by Gasteiger charge is -2.09. The fourth-order valence-electron chi connectivity index (χ4n) is 1.38. The van der Waals surface area contributed by atoms with Gasteiger partial charge in [0.25, 0.3) is 0 Å². The number of rotatable bonds is 2. The Bertz CT molecular complexity index is 327. The Balaban J connectivity index is 3.13. The topological polar surface area (TPSA) is 36.7 Å². The molecule has 0 saturated heterocycles. The van der Waals surface area contributed by atoms with Crippen LogP contribution in [0.5, 0.6) is 0 Å². The van der Waals surface area contributed by atoms with Crippen LogP contribution in [0.4, 0.5) is 0 Å². The highest BCUT2D eigenvalue weighted by Gasteiger charge is 2.05. The van der Waals surface area contributed by atoms with E-state index in [-0.39, 0.29) is 0 Å². The summed E-state index contributed by atoms with van der Waals surface area (Å²) >= 11 is 0. The zero-order chi connectivity index (χ0) is 10.0. The fourth-order valence-corrected chi connectivity index (χ4v) is 1.38. The van der Waals surface area contributed by atoms with Gasteiger partial charge in [-0.3, -0.25) is 4.98 Å². The molecule has 0 aromatic carbocycles. The number of nitrogens with one attached hydrogen (secondary N) is 1. The fraction of sp³-hybridized carbons (Fsp3) is 0.455. The molecule has 2 nitrogen and oxygen atoms in total. The van der Waals surface area contributed by atoms with Gasteiger partial charge >= 0.3 is 0 Å². The first-order chi connectivity index (χ1) is 6.02. The predicted molar refractivity (Wildman–Crippen MR) is 55.6 cm³/mol. The van der Waals surface area contributed by atoms with Gasteiger partial charge in [-0.2, -0.15) is 0 Å². The van der Waals surface area contributed by atoms with Crippen molar-refractivity contribution in [1.29, 1.82) is 5.41 Å². The second-order valence-corrected chi connectivity index (χ2v) is 3.71. The molecule has 0 aliphatic rings. The average molecular weight is 176 g/mol. The summed E-state index contributed by atoms with van der Waals surface area (Å²) in [7, 11) is 0. The first kappa shape index (κ1) is 9.90. The summed E-state index contributed by atoms with van der Waals surface area (Å²) < 4.78 is 0. The second-order valence-electron chi connectivity index (χ2n) is 3.71. The second kappa shape index (κ2) is 3.69. The van der Waals surface area contributed by atoms with E-state index in [1.807, 2.05) is 12.3 Å². The van der Waals surface area contributed by atoms with Gasteiger partial charge in [-0.15, -0.1) is 0 Å². The Morgan fingerprint density at radius 2 is 2.08 bits per heavy atom. The zero-order valence-electron chi connectivity index (χ0n) is 8.68. The number of aryl methyl sites for hydroxylation is 1. The molecule has 0 spiro atoms. The minimum Gasteiger partial charge on any atom is -0.303 e. The highest BCUT2D eigenvalue weighted by Crippen LogP contribution is 2.18. The minimum atomic E-state index is 0.507. The molecule has 0 atom stereocenters. The van der Waals surface area contributed by atoms with E-state index in [2.05, 4.69) is 25.8 Å². The SMILES string of the molecule is CC(=N)c1cc(C)c(C(C)C)cn1. The van der Waals surface area contributed by atoms with Crippen molar-refractivity contribution in [3.05, 3.63) is 29.1 Å². The maximum atomic E-state index is 7.45. The summed E-state index contributed by atoms with van der Waals surface area (Å²) in [6, 6.07) is 1.98. The predicted octanol–water partition coefficient (Wildman–Crippen LogP) is 2.90. The van der Waals surface area contributed by atoms with Crippen molar-refractivity contribution in [2.75, 3.05) is 0 Å². The molecule has 1 rings (SSSR count). The van der Waals surface area contributed by atoms with Crippen LogP contribution in [-0.2, 0) is 0 Å². The lowest BCUT2D eigenvalue weighted by molar-refractivity contribution is 0.846. The van der Waals surface area contributed by atoms with E-state index in [4.69, 9.17) is 5.41 Å². The minimum absolute atomic E-state index is 0.507. The van der Waals surface area contributed by atoms with E-state index >= 15 is 0 Å². The average Bonchev–Trinajstić information content (AvgIpc) is 2.03. The van der Waals surface area contributed by atoms with Crippen LogP contribution >= 0.6 is 0 Å². The van der Waals surface area contributed by atoms with Crippen LogP contribution < -0.4 is 0 Å². The van der Waals surface area contributed by atoms with E-state index in [1.54, 1.807) is 6.92 Å². The van der Waals surface area contributed by atoms with Crippen molar-refractivity contribution in [1.82, 2.24) is 4.98 Å². The van der Waals surface area contributed by atoms with Gasteiger partial charge < -0.3 is 5.41 Å². The first-order valence-corrected chi connectivity index (χ1v) is 4.54. The van der Waals surface area contributed by atoms with E-state index in [9.17, 15) is 0 Å². The van der Waals surface area contributed by atoms with Crippen molar-refractivity contribution in [3.8, 4) is 0 Å². The van der Waals surface area contributed by atoms with Crippen LogP contribution in [0.15, 0.2) is 12.3 Å². The van der Waals surface area contributed by atoms with Gasteiger partial charge in [0.1, 0.15) is 0 Å². The third-order valence-electron chi connectivity index (χ3n) is 2.16. The molecule has 0 fully saturated rings. The lowest BCUT2D eigenvalue weighted by Crippen LogP contribution is -2.01. The van der Waals surface area contributed by atoms with Crippen molar-refractivity contribution in [2.45, 2.75) is 33.6 Å². The van der Waals surface area contributed by atoms with Gasteiger partial charge in [-0.05, 0) is 37.0 Å². The molecule has 0 amide bonds. The van der Waals surface area contributed by atoms with Gasteiger partial charge in [0.2, 0.25) is 0 Å². The molecule has 0 bridgehead atoms. The van der Waals surface area contributed by atoms with E-state index in [0.717, 1.165) is 5.69 Å². The number of hydrogen-bond acceptors (Lipinski definition) is 2. The van der Waals surface area contributed by atoms with Crippen molar-refractivity contribution < 1.29 is 0 Å². The molecular weight excluding hydrogens is 160 g/mol. The molecule has 1 aromatic heterocycles. The molecule has 1 aromatic rings. The Labute approximate surface area is 79.5 Å². The summed E-state index contributed by atoms with van der Waals surface area (Å²) in [5.41, 5.74) is 3.80. The lowest BCUT2D eigenvalue weighted by atomic mass is 9.99. The molecule has 13 heavy (non-hydrogen) atoms. The van der Waals surface area contributed by atoms with E-state index in [1.165, 1.54) is 11.1 Å². The molecule has 0 aliphatic carbocycles. The Kier molecular flexibility index (Phi) is 2.81. The Morgan fingerprint density at radius 1 is 1.46 bits per heavy atom. The third-order valence-corrected chi connectivity index (χ3v) is 2.16. The first-order valence-electron chi connectivity index (χ1n) is 4.54. The summed E-state index contributed by atoms with van der Waals surface area (Å²) in [4.78, 5) is 4.24. The van der Waals surface area contributed by atoms with Crippen LogP contribution in [0.2, 0.25) is 0 Å². The normalized spacial score (nSPS) is 10.5. The Morgan fingerprint density at radius 3 is 2.46 bits per heavy atom. The van der Waals surface area contributed by atoms with Crippen LogP contribution in [0.3, 0.4) is 0 Å². The molecule has 0 unspecified atom stereocenters. The molecule has 0 radical (unpaired) electrons. The quantitative estimate of drug-likeness (QED) is 0.691. The number of hydrogen-bond donors (Lipinski definition) is 1. The Hall–Kier alpha value is -1.18. The molecular formula is C11H16N2. The monoisotopic (exact) mass is 176 g/mol. The van der Waals surface area contributed by atoms with Crippen molar-refractivity contribution in [2.24, 2.45) is 0 Å². The van der Waals surface area contributed by atoms with Crippen molar-refractivity contribution in [3.63, 3.8) is 0 Å². The summed E-state index contributed by atoms with van der Waals surface area (Å²) in [6.07, 6.45) is 1.88. The number of aromatic nitrogens is 1. The van der Waals surface area contributed by atoms with Gasteiger partial charge in [-0.1, -0.05) is 13.8 Å². The van der Waals surface area contributed by atoms with Gasteiger partial charge in [-0.25, -0.2) is 0 Å². The van der Waals surface area contributed by atoms with Crippen molar-refractivity contribution >= 4 is 5.71 Å². The van der Waals surface area contributed by atoms with Crippen LogP contribution in [0.25, 0.3) is 0 Å². The molecule has 1 heterocycles. The van der Waals surface area contributed by atoms with Gasteiger partial charge in [0.05, 0.1) is 11.4 Å². The highest BCUT2D eigenvalue weighted by atomic mass is 14.7. The molecule has 70 valence electrons. The summed E-state index contributed by atoms with van der Waals surface area (Å²) in [5.74, 6) is 0.507. The van der Waals surface area contributed by atoms with Crippen LogP contribution in [-0.4, -0.2) is 10.7 Å². The van der Waals surface area contributed by atoms with E-state index < -0.39 is 0 Å². The third kappa shape index (κ3) is 2.14. The molecule has 0 aliphatic heterocycles. The largest absolute Gasteiger partial charge is 0.303 e. The summed E-state index contributed by atoms with van der Waals surface area (Å²) in [5, 5.41) is 7.45. The zero-order valence-corrected chi connectivity index (χ0v) is 8.68. The molecule has 2 heteroatoms. The number of pyridine rings is 1.